The normalized spacial score (nSPS) is 12.1. The summed E-state index contributed by atoms with van der Waals surface area (Å²) in [4.78, 5) is 11.5. The average Bonchev–Trinajstić information content (AvgIpc) is 2.99. The van der Waals surface area contributed by atoms with Crippen LogP contribution in [-0.4, -0.2) is 6.29 Å². The first-order valence-corrected chi connectivity index (χ1v) is 7.94. The quantitative estimate of drug-likeness (QED) is 0.696. The zero-order valence-electron chi connectivity index (χ0n) is 13.1. The zero-order chi connectivity index (χ0) is 15.3. The van der Waals surface area contributed by atoms with Crippen molar-refractivity contribution in [2.45, 2.75) is 59.8 Å². The van der Waals surface area contributed by atoms with E-state index in [-0.39, 0.29) is 5.92 Å². The molecule has 1 unspecified atom stereocenters. The van der Waals surface area contributed by atoms with E-state index in [0.717, 1.165) is 11.2 Å². The zero-order valence-corrected chi connectivity index (χ0v) is 13.9. The number of carbonyl (C=O) groups is 1. The number of hydrogen-bond acceptors (Lipinski definition) is 3. The van der Waals surface area contributed by atoms with Gasteiger partial charge >= 0.3 is 0 Å². The summed E-state index contributed by atoms with van der Waals surface area (Å²) < 4.78 is 0. The van der Waals surface area contributed by atoms with Crippen molar-refractivity contribution in [2.75, 3.05) is 0 Å². The average molecular weight is 281 g/mol. The highest BCUT2D eigenvalue weighted by atomic mass is 32.1. The summed E-state index contributed by atoms with van der Waals surface area (Å²) in [6, 6.07) is 6.34. The van der Waals surface area contributed by atoms with Crippen LogP contribution in [0.2, 0.25) is 0 Å². The second-order valence-electron chi connectivity index (χ2n) is 3.92. The predicted molar refractivity (Wildman–Crippen MR) is 84.4 cm³/mol. The molecule has 0 radical (unpaired) electrons. The summed E-state index contributed by atoms with van der Waals surface area (Å²) >= 11 is 1.59. The summed E-state index contributed by atoms with van der Waals surface area (Å²) in [5, 5.41) is 11.4. The first-order valence-electron chi connectivity index (χ1n) is 7.06. The molecule has 1 heterocycles. The molecule has 0 aromatic carbocycles. The van der Waals surface area contributed by atoms with Gasteiger partial charge in [-0.05, 0) is 23.8 Å². The van der Waals surface area contributed by atoms with Gasteiger partial charge in [-0.2, -0.15) is 5.26 Å². The molecular formula is C16H27NOS. The third-order valence-corrected chi connectivity index (χ3v) is 3.85. The lowest BCUT2D eigenvalue weighted by Crippen LogP contribution is -2.29. The van der Waals surface area contributed by atoms with Crippen LogP contribution in [0.5, 0.6) is 0 Å². The fourth-order valence-corrected chi connectivity index (χ4v) is 2.81. The summed E-state index contributed by atoms with van der Waals surface area (Å²) in [5.41, 5.74) is -0.491. The van der Waals surface area contributed by atoms with Gasteiger partial charge in [0.2, 0.25) is 0 Å². The van der Waals surface area contributed by atoms with Crippen LogP contribution in [0.3, 0.4) is 0 Å². The number of nitriles is 1. The van der Waals surface area contributed by atoms with E-state index in [0.29, 0.717) is 12.8 Å². The number of aldehydes is 1. The van der Waals surface area contributed by atoms with Crippen molar-refractivity contribution in [2.24, 2.45) is 5.92 Å². The van der Waals surface area contributed by atoms with E-state index in [4.69, 9.17) is 0 Å². The third-order valence-electron chi connectivity index (χ3n) is 2.80. The van der Waals surface area contributed by atoms with Gasteiger partial charge in [-0.25, -0.2) is 0 Å². The lowest BCUT2D eigenvalue weighted by molar-refractivity contribution is -0.108. The largest absolute Gasteiger partial charge is 0.303 e. The Labute approximate surface area is 122 Å². The maximum atomic E-state index is 10.5. The van der Waals surface area contributed by atoms with Gasteiger partial charge in [0.15, 0.2) is 0 Å². The van der Waals surface area contributed by atoms with Gasteiger partial charge in [-0.3, -0.25) is 0 Å². The van der Waals surface area contributed by atoms with Crippen LogP contribution in [0.25, 0.3) is 0 Å². The van der Waals surface area contributed by atoms with Gasteiger partial charge in [-0.15, -0.1) is 11.3 Å². The smallest absolute Gasteiger partial charge is 0.120 e. The lowest BCUT2D eigenvalue weighted by Gasteiger charge is -2.29. The lowest BCUT2D eigenvalue weighted by atomic mass is 9.74. The fraction of sp³-hybridized carbons (Fsp3) is 0.625. The van der Waals surface area contributed by atoms with Gasteiger partial charge in [0.25, 0.3) is 0 Å². The van der Waals surface area contributed by atoms with Gasteiger partial charge < -0.3 is 4.79 Å². The molecule has 1 rings (SSSR count). The van der Waals surface area contributed by atoms with Crippen LogP contribution >= 0.6 is 11.3 Å². The number of nitrogens with zero attached hydrogens (tertiary/aromatic N) is 1. The van der Waals surface area contributed by atoms with E-state index in [1.807, 2.05) is 59.1 Å². The Kier molecular flexibility index (Phi) is 12.7. The molecule has 3 heteroatoms. The Hall–Kier alpha value is -1.14. The summed E-state index contributed by atoms with van der Waals surface area (Å²) in [7, 11) is 0. The minimum absolute atomic E-state index is 0.223. The Morgan fingerprint density at radius 3 is 2.26 bits per heavy atom. The molecule has 0 saturated carbocycles. The van der Waals surface area contributed by atoms with Crippen LogP contribution in [0.4, 0.5) is 0 Å². The van der Waals surface area contributed by atoms with Gasteiger partial charge in [0.1, 0.15) is 6.29 Å². The Balaban J connectivity index is 0. The predicted octanol–water partition coefficient (Wildman–Crippen LogP) is 5.20. The van der Waals surface area contributed by atoms with E-state index in [9.17, 15) is 10.1 Å². The van der Waals surface area contributed by atoms with E-state index in [1.165, 1.54) is 0 Å². The molecule has 0 amide bonds. The summed E-state index contributed by atoms with van der Waals surface area (Å²) in [5.74, 6) is 0.223. The first-order chi connectivity index (χ1) is 9.17. The van der Waals surface area contributed by atoms with Crippen molar-refractivity contribution in [3.8, 4) is 6.07 Å². The molecule has 0 saturated heterocycles. The molecule has 19 heavy (non-hydrogen) atoms. The first kappa shape index (κ1) is 20.2. The molecule has 1 atom stereocenters. The Bertz CT molecular complexity index is 351. The van der Waals surface area contributed by atoms with Crippen LogP contribution in [0.1, 0.15) is 59.3 Å². The molecule has 108 valence electrons. The minimum Gasteiger partial charge on any atom is -0.303 e. The van der Waals surface area contributed by atoms with Crippen LogP contribution in [0, 0.1) is 17.2 Å². The number of rotatable bonds is 5. The van der Waals surface area contributed by atoms with Crippen molar-refractivity contribution in [3.05, 3.63) is 22.4 Å². The Morgan fingerprint density at radius 2 is 1.95 bits per heavy atom. The van der Waals surface area contributed by atoms with Crippen LogP contribution < -0.4 is 0 Å². The molecule has 0 bridgehead atoms. The van der Waals surface area contributed by atoms with E-state index in [1.54, 1.807) is 11.3 Å². The highest BCUT2D eigenvalue weighted by molar-refractivity contribution is 7.10. The standard InChI is InChI=1S/C12H15NOS.2C2H6/c1-10(2)12(9-13,6-4-7-14)11-5-3-8-15-11;2*1-2/h3,5,7-8,10H,4,6H2,1-2H3;2*1-2H3. The molecule has 0 spiro atoms. The fourth-order valence-electron chi connectivity index (χ4n) is 1.76. The molecule has 1 aromatic rings. The van der Waals surface area contributed by atoms with Gasteiger partial charge in [0, 0.05) is 11.3 Å². The summed E-state index contributed by atoms with van der Waals surface area (Å²) in [6.07, 6.45) is 1.96. The van der Waals surface area contributed by atoms with E-state index >= 15 is 0 Å². The SMILES string of the molecule is CC.CC.CC(C)C(C#N)(CCC=O)c1cccs1. The third kappa shape index (κ3) is 5.57. The minimum atomic E-state index is -0.491. The van der Waals surface area contributed by atoms with Gasteiger partial charge in [-0.1, -0.05) is 47.6 Å². The number of hydrogen-bond donors (Lipinski definition) is 0. The van der Waals surface area contributed by atoms with Crippen molar-refractivity contribution in [3.63, 3.8) is 0 Å². The number of carbonyl (C=O) groups excluding carboxylic acids is 1. The molecule has 2 nitrogen and oxygen atoms in total. The van der Waals surface area contributed by atoms with E-state index < -0.39 is 5.41 Å². The molecule has 0 N–H and O–H groups in total. The second-order valence-corrected chi connectivity index (χ2v) is 4.87. The van der Waals surface area contributed by atoms with Crippen molar-refractivity contribution in [1.82, 2.24) is 0 Å². The summed E-state index contributed by atoms with van der Waals surface area (Å²) in [6.45, 7) is 12.1. The second kappa shape index (κ2) is 11.9. The number of thiophene rings is 1. The topological polar surface area (TPSA) is 40.9 Å². The molecule has 0 aliphatic rings. The Morgan fingerprint density at radius 1 is 1.37 bits per heavy atom. The van der Waals surface area contributed by atoms with Crippen molar-refractivity contribution in [1.29, 1.82) is 5.26 Å². The maximum Gasteiger partial charge on any atom is 0.120 e. The van der Waals surface area contributed by atoms with Crippen molar-refractivity contribution >= 4 is 17.6 Å². The highest BCUT2D eigenvalue weighted by Crippen LogP contribution is 2.38. The van der Waals surface area contributed by atoms with Crippen molar-refractivity contribution < 1.29 is 4.79 Å². The molecular weight excluding hydrogens is 254 g/mol. The van der Waals surface area contributed by atoms with Gasteiger partial charge in [0.05, 0.1) is 11.5 Å². The molecule has 0 aliphatic heterocycles. The van der Waals surface area contributed by atoms with Crippen LogP contribution in [0.15, 0.2) is 17.5 Å². The maximum absolute atomic E-state index is 10.5. The molecule has 0 aliphatic carbocycles. The van der Waals surface area contributed by atoms with E-state index in [2.05, 4.69) is 6.07 Å². The molecule has 0 fully saturated rings. The van der Waals surface area contributed by atoms with Crippen LogP contribution in [-0.2, 0) is 10.2 Å². The monoisotopic (exact) mass is 281 g/mol. The highest BCUT2D eigenvalue weighted by Gasteiger charge is 2.36. The molecule has 1 aromatic heterocycles.